The van der Waals surface area contributed by atoms with Crippen LogP contribution in [0.1, 0.15) is 20.7 Å². The predicted molar refractivity (Wildman–Crippen MR) is 113 cm³/mol. The second kappa shape index (κ2) is 8.67. The van der Waals surface area contributed by atoms with Crippen molar-refractivity contribution in [1.82, 2.24) is 20.2 Å². The van der Waals surface area contributed by atoms with Gasteiger partial charge in [-0.25, -0.2) is 0 Å². The molecule has 1 aromatic heterocycles. The number of anilines is 1. The molecule has 1 heterocycles. The van der Waals surface area contributed by atoms with Gasteiger partial charge in [-0.05, 0) is 41.6 Å². The van der Waals surface area contributed by atoms with Gasteiger partial charge in [0, 0.05) is 16.8 Å². The van der Waals surface area contributed by atoms with Gasteiger partial charge in [-0.15, -0.1) is 10.2 Å². The van der Waals surface area contributed by atoms with E-state index in [-0.39, 0.29) is 18.2 Å². The van der Waals surface area contributed by atoms with Crippen molar-refractivity contribution in [2.75, 3.05) is 5.32 Å². The van der Waals surface area contributed by atoms with E-state index in [2.05, 4.69) is 20.7 Å². The molecular weight excluding hydrogens is 402 g/mol. The number of aromatic nitrogens is 4. The molecule has 3 aromatic carbocycles. The maximum Gasteiger partial charge on any atom is 0.257 e. The minimum absolute atomic E-state index is 0.00297. The Labute approximate surface area is 177 Å². The van der Waals surface area contributed by atoms with Gasteiger partial charge in [0.25, 0.3) is 5.91 Å². The third-order valence-corrected chi connectivity index (χ3v) is 4.68. The van der Waals surface area contributed by atoms with E-state index in [9.17, 15) is 9.59 Å². The molecule has 148 valence electrons. The van der Waals surface area contributed by atoms with E-state index in [1.807, 2.05) is 6.07 Å². The van der Waals surface area contributed by atoms with Gasteiger partial charge in [-0.1, -0.05) is 54.1 Å². The molecule has 0 saturated carbocycles. The largest absolute Gasteiger partial charge is 0.322 e. The highest BCUT2D eigenvalue weighted by atomic mass is 35.5. The van der Waals surface area contributed by atoms with Gasteiger partial charge in [-0.3, -0.25) is 9.59 Å². The van der Waals surface area contributed by atoms with Crippen molar-refractivity contribution in [3.8, 4) is 11.4 Å². The Kier molecular flexibility index (Phi) is 5.63. The van der Waals surface area contributed by atoms with Crippen LogP contribution in [-0.2, 0) is 6.54 Å². The number of nitrogens with one attached hydrogen (secondary N) is 1. The van der Waals surface area contributed by atoms with Crippen molar-refractivity contribution < 1.29 is 9.59 Å². The zero-order valence-corrected chi connectivity index (χ0v) is 16.5. The molecule has 1 N–H and O–H groups in total. The molecule has 4 aromatic rings. The first-order valence-corrected chi connectivity index (χ1v) is 9.50. The van der Waals surface area contributed by atoms with E-state index in [0.717, 1.165) is 0 Å². The molecule has 0 aliphatic heterocycles. The lowest BCUT2D eigenvalue weighted by Gasteiger charge is -2.07. The lowest BCUT2D eigenvalue weighted by molar-refractivity contribution is 0.0960. The number of carbonyl (C=O) groups is 2. The third kappa shape index (κ3) is 4.42. The molecule has 0 saturated heterocycles. The number of tetrazole rings is 1. The number of hydrogen-bond acceptors (Lipinski definition) is 5. The number of halogens is 1. The van der Waals surface area contributed by atoms with Crippen LogP contribution in [0.3, 0.4) is 0 Å². The van der Waals surface area contributed by atoms with Crippen LogP contribution in [0.25, 0.3) is 11.4 Å². The van der Waals surface area contributed by atoms with Crippen molar-refractivity contribution >= 4 is 29.0 Å². The summed E-state index contributed by atoms with van der Waals surface area (Å²) in [6, 6.07) is 22.8. The molecule has 30 heavy (non-hydrogen) atoms. The molecule has 1 amide bonds. The lowest BCUT2D eigenvalue weighted by Crippen LogP contribution is -2.13. The highest BCUT2D eigenvalue weighted by molar-refractivity contribution is 6.34. The first-order valence-electron chi connectivity index (χ1n) is 9.12. The second-order valence-corrected chi connectivity index (χ2v) is 6.85. The van der Waals surface area contributed by atoms with E-state index in [1.165, 1.54) is 4.80 Å². The monoisotopic (exact) mass is 417 g/mol. The Balaban J connectivity index is 1.43. The van der Waals surface area contributed by atoms with Gasteiger partial charge in [0.1, 0.15) is 6.54 Å². The molecule has 0 aliphatic carbocycles. The summed E-state index contributed by atoms with van der Waals surface area (Å²) < 4.78 is 0. The standard InChI is InChI=1S/C22H16ClN5O2/c23-19-9-5-4-8-18(19)22(30)24-17-12-10-16(11-13-17)21-25-27-28(26-21)14-20(29)15-6-2-1-3-7-15/h1-13H,14H2,(H,24,30). The molecule has 4 rings (SSSR count). The first-order chi connectivity index (χ1) is 14.6. The number of nitrogens with zero attached hydrogens (tertiary/aromatic N) is 4. The van der Waals surface area contributed by atoms with Crippen LogP contribution in [0.4, 0.5) is 5.69 Å². The summed E-state index contributed by atoms with van der Waals surface area (Å²) in [7, 11) is 0. The summed E-state index contributed by atoms with van der Waals surface area (Å²) in [6.07, 6.45) is 0. The number of amides is 1. The summed E-state index contributed by atoms with van der Waals surface area (Å²) in [6.45, 7) is 0.00297. The number of rotatable bonds is 6. The van der Waals surface area contributed by atoms with Gasteiger partial charge >= 0.3 is 0 Å². The molecule has 0 unspecified atom stereocenters. The molecule has 0 spiro atoms. The minimum Gasteiger partial charge on any atom is -0.322 e. The zero-order chi connectivity index (χ0) is 20.9. The molecule has 0 fully saturated rings. The van der Waals surface area contributed by atoms with E-state index >= 15 is 0 Å². The summed E-state index contributed by atoms with van der Waals surface area (Å²) in [5.41, 5.74) is 2.31. The van der Waals surface area contributed by atoms with Crippen LogP contribution in [-0.4, -0.2) is 31.9 Å². The van der Waals surface area contributed by atoms with E-state index < -0.39 is 0 Å². The molecule has 0 bridgehead atoms. The van der Waals surface area contributed by atoms with Crippen molar-refractivity contribution in [1.29, 1.82) is 0 Å². The van der Waals surface area contributed by atoms with Gasteiger partial charge in [0.15, 0.2) is 5.78 Å². The van der Waals surface area contributed by atoms with Crippen LogP contribution in [0, 0.1) is 0 Å². The Bertz CT molecular complexity index is 1190. The molecule has 7 nitrogen and oxygen atoms in total. The highest BCUT2D eigenvalue weighted by Crippen LogP contribution is 2.20. The number of benzene rings is 3. The summed E-state index contributed by atoms with van der Waals surface area (Å²) in [4.78, 5) is 25.9. The second-order valence-electron chi connectivity index (χ2n) is 6.44. The number of Topliss-reactive ketones (excluding diaryl/α,β-unsaturated/α-hetero) is 1. The van der Waals surface area contributed by atoms with E-state index in [0.29, 0.717) is 33.2 Å². The van der Waals surface area contributed by atoms with Crippen molar-refractivity contribution in [3.05, 3.63) is 95.0 Å². The van der Waals surface area contributed by atoms with Crippen molar-refractivity contribution in [2.45, 2.75) is 6.54 Å². The van der Waals surface area contributed by atoms with Gasteiger partial charge in [0.05, 0.1) is 10.6 Å². The predicted octanol–water partition coefficient (Wildman–Crippen LogP) is 4.13. The highest BCUT2D eigenvalue weighted by Gasteiger charge is 2.12. The zero-order valence-electron chi connectivity index (χ0n) is 15.7. The number of hydrogen-bond donors (Lipinski definition) is 1. The fraction of sp³-hybridized carbons (Fsp3) is 0.0455. The maximum atomic E-state index is 12.3. The Morgan fingerprint density at radius 2 is 1.60 bits per heavy atom. The van der Waals surface area contributed by atoms with Crippen LogP contribution in [0.15, 0.2) is 78.9 Å². The summed E-state index contributed by atoms with van der Waals surface area (Å²) in [5.74, 6) is -0.00568. The number of ketones is 1. The SMILES string of the molecule is O=C(Cn1nnc(-c2ccc(NC(=O)c3ccccc3Cl)cc2)n1)c1ccccc1. The number of carbonyl (C=O) groups excluding carboxylic acids is 2. The Morgan fingerprint density at radius 3 is 2.33 bits per heavy atom. The van der Waals surface area contributed by atoms with Crippen LogP contribution in [0.5, 0.6) is 0 Å². The van der Waals surface area contributed by atoms with Crippen molar-refractivity contribution in [3.63, 3.8) is 0 Å². The van der Waals surface area contributed by atoms with Crippen LogP contribution >= 0.6 is 11.6 Å². The first kappa shape index (κ1) is 19.5. The average molecular weight is 418 g/mol. The quantitative estimate of drug-likeness (QED) is 0.476. The minimum atomic E-state index is -0.295. The smallest absolute Gasteiger partial charge is 0.257 e. The normalized spacial score (nSPS) is 10.6. The Hall–Kier alpha value is -3.84. The molecule has 8 heteroatoms. The van der Waals surface area contributed by atoms with Gasteiger partial charge < -0.3 is 5.32 Å². The molecule has 0 atom stereocenters. The third-order valence-electron chi connectivity index (χ3n) is 4.35. The van der Waals surface area contributed by atoms with Crippen molar-refractivity contribution in [2.24, 2.45) is 0 Å². The van der Waals surface area contributed by atoms with Crippen LogP contribution in [0.2, 0.25) is 5.02 Å². The molecule has 0 radical (unpaired) electrons. The summed E-state index contributed by atoms with van der Waals surface area (Å²) in [5, 5.41) is 15.4. The maximum absolute atomic E-state index is 12.3. The summed E-state index contributed by atoms with van der Waals surface area (Å²) >= 11 is 6.06. The van der Waals surface area contributed by atoms with Gasteiger partial charge in [-0.2, -0.15) is 4.80 Å². The molecule has 0 aliphatic rings. The lowest BCUT2D eigenvalue weighted by atomic mass is 10.1. The van der Waals surface area contributed by atoms with Crippen LogP contribution < -0.4 is 5.32 Å². The van der Waals surface area contributed by atoms with E-state index in [4.69, 9.17) is 11.6 Å². The topological polar surface area (TPSA) is 89.8 Å². The molecular formula is C22H16ClN5O2. The van der Waals surface area contributed by atoms with Gasteiger partial charge in [0.2, 0.25) is 5.82 Å². The fourth-order valence-corrected chi connectivity index (χ4v) is 3.04. The fourth-order valence-electron chi connectivity index (χ4n) is 2.82. The Morgan fingerprint density at radius 1 is 0.900 bits per heavy atom. The average Bonchev–Trinajstić information content (AvgIpc) is 3.23. The van der Waals surface area contributed by atoms with E-state index in [1.54, 1.807) is 72.8 Å².